The number of anilines is 2. The van der Waals surface area contributed by atoms with E-state index in [1.165, 1.54) is 70.0 Å². The minimum absolute atomic E-state index is 0.504. The zero-order chi connectivity index (χ0) is 20.3. The van der Waals surface area contributed by atoms with Gasteiger partial charge in [-0.3, -0.25) is 0 Å². The number of nitrogens with zero attached hydrogens (tertiary/aromatic N) is 6. The van der Waals surface area contributed by atoms with Crippen LogP contribution in [0.15, 0.2) is 12.3 Å². The van der Waals surface area contributed by atoms with E-state index in [1.807, 2.05) is 0 Å². The molecule has 3 aliphatic rings. The molecule has 0 atom stereocenters. The molecule has 7 nitrogen and oxygen atoms in total. The molecule has 2 aromatic heterocycles. The second-order valence-corrected chi connectivity index (χ2v) is 9.44. The van der Waals surface area contributed by atoms with Gasteiger partial charge < -0.3 is 24.6 Å². The van der Waals surface area contributed by atoms with Gasteiger partial charge in [0.05, 0.1) is 5.39 Å². The third kappa shape index (κ3) is 4.42. The van der Waals surface area contributed by atoms with Crippen molar-refractivity contribution in [1.29, 1.82) is 0 Å². The van der Waals surface area contributed by atoms with Crippen molar-refractivity contribution in [3.8, 4) is 0 Å². The summed E-state index contributed by atoms with van der Waals surface area (Å²) in [6.07, 6.45) is 11.0. The maximum absolute atomic E-state index is 5.05. The summed E-state index contributed by atoms with van der Waals surface area (Å²) in [5.74, 6) is 1.95. The molecule has 0 saturated carbocycles. The molecule has 1 N–H and O–H groups in total. The predicted molar refractivity (Wildman–Crippen MR) is 123 cm³/mol. The van der Waals surface area contributed by atoms with Crippen molar-refractivity contribution in [2.45, 2.75) is 57.5 Å². The first-order valence-corrected chi connectivity index (χ1v) is 12.1. The quantitative estimate of drug-likeness (QED) is 0.756. The highest BCUT2D eigenvalue weighted by molar-refractivity contribution is 5.89. The number of aromatic nitrogens is 3. The fourth-order valence-electron chi connectivity index (χ4n) is 5.22. The van der Waals surface area contributed by atoms with Crippen molar-refractivity contribution in [3.63, 3.8) is 0 Å². The fourth-order valence-corrected chi connectivity index (χ4v) is 5.22. The van der Waals surface area contributed by atoms with Crippen LogP contribution >= 0.6 is 0 Å². The highest BCUT2D eigenvalue weighted by Gasteiger charge is 2.22. The molecule has 0 bridgehead atoms. The molecular weight excluding hydrogens is 374 g/mol. The van der Waals surface area contributed by atoms with E-state index in [4.69, 9.17) is 9.97 Å². The third-order valence-corrected chi connectivity index (χ3v) is 7.13. The molecule has 2 aromatic rings. The van der Waals surface area contributed by atoms with Gasteiger partial charge in [0, 0.05) is 31.9 Å². The van der Waals surface area contributed by atoms with Crippen molar-refractivity contribution >= 4 is 22.8 Å². The highest BCUT2D eigenvalue weighted by atomic mass is 15.3. The Hall–Kier alpha value is -1.86. The van der Waals surface area contributed by atoms with Gasteiger partial charge in [-0.15, -0.1) is 0 Å². The Kier molecular flexibility index (Phi) is 6.09. The minimum atomic E-state index is 0.504. The Morgan fingerprint density at radius 2 is 1.67 bits per heavy atom. The lowest BCUT2D eigenvalue weighted by Crippen LogP contribution is -2.37. The minimum Gasteiger partial charge on any atom is -0.367 e. The molecule has 30 heavy (non-hydrogen) atoms. The molecule has 0 spiro atoms. The smallest absolute Gasteiger partial charge is 0.229 e. The van der Waals surface area contributed by atoms with Gasteiger partial charge in [-0.25, -0.2) is 0 Å². The van der Waals surface area contributed by atoms with Gasteiger partial charge in [-0.05, 0) is 90.8 Å². The van der Waals surface area contributed by atoms with Crippen LogP contribution in [0, 0.1) is 0 Å². The molecule has 3 saturated heterocycles. The van der Waals surface area contributed by atoms with Gasteiger partial charge in [-0.2, -0.15) is 9.97 Å². The SMILES string of the molecule is CN1CCC(Nc2nc(N3CCCC3)nc3c2ccn3CCCN2CCCC2)CC1. The van der Waals surface area contributed by atoms with Crippen LogP contribution in [0.2, 0.25) is 0 Å². The maximum Gasteiger partial charge on any atom is 0.229 e. The molecule has 5 rings (SSSR count). The summed E-state index contributed by atoms with van der Waals surface area (Å²) in [6.45, 7) is 9.25. The summed E-state index contributed by atoms with van der Waals surface area (Å²) < 4.78 is 2.35. The number of rotatable bonds is 7. The van der Waals surface area contributed by atoms with E-state index < -0.39 is 0 Å². The Bertz CT molecular complexity index is 827. The van der Waals surface area contributed by atoms with Crippen LogP contribution in [0.1, 0.15) is 44.9 Å². The van der Waals surface area contributed by atoms with Gasteiger partial charge in [0.1, 0.15) is 11.5 Å². The normalized spacial score (nSPS) is 21.8. The number of hydrogen-bond donors (Lipinski definition) is 1. The lowest BCUT2D eigenvalue weighted by molar-refractivity contribution is 0.264. The zero-order valence-corrected chi connectivity index (χ0v) is 18.5. The largest absolute Gasteiger partial charge is 0.367 e. The standard InChI is InChI=1S/C23H37N7/c1-27-16-7-19(8-17-27)24-21-20-9-18-29(15-6-12-28-10-2-3-11-28)22(20)26-23(25-21)30-13-4-5-14-30/h9,18-19H,2-8,10-17H2,1H3,(H,24,25,26). The van der Waals surface area contributed by atoms with E-state index in [1.54, 1.807) is 0 Å². The molecule has 0 aromatic carbocycles. The van der Waals surface area contributed by atoms with Gasteiger partial charge >= 0.3 is 0 Å². The third-order valence-electron chi connectivity index (χ3n) is 7.13. The summed E-state index contributed by atoms with van der Waals surface area (Å²) in [4.78, 5) is 17.5. The maximum atomic E-state index is 5.05. The van der Waals surface area contributed by atoms with E-state index in [0.29, 0.717) is 6.04 Å². The Morgan fingerprint density at radius 1 is 0.933 bits per heavy atom. The molecule has 7 heteroatoms. The molecule has 0 aliphatic carbocycles. The Balaban J connectivity index is 1.37. The number of aryl methyl sites for hydroxylation is 1. The van der Waals surface area contributed by atoms with Crippen molar-refractivity contribution in [2.24, 2.45) is 0 Å². The Labute approximate surface area is 180 Å². The molecule has 3 aliphatic heterocycles. The van der Waals surface area contributed by atoms with Gasteiger partial charge in [0.2, 0.25) is 5.95 Å². The van der Waals surface area contributed by atoms with Gasteiger partial charge in [0.15, 0.2) is 0 Å². The summed E-state index contributed by atoms with van der Waals surface area (Å²) in [7, 11) is 2.22. The van der Waals surface area contributed by atoms with Crippen LogP contribution in [0.5, 0.6) is 0 Å². The van der Waals surface area contributed by atoms with Gasteiger partial charge in [0.25, 0.3) is 0 Å². The lowest BCUT2D eigenvalue weighted by atomic mass is 10.1. The van der Waals surface area contributed by atoms with Crippen LogP contribution in [-0.2, 0) is 6.54 Å². The summed E-state index contributed by atoms with van der Waals surface area (Å²) in [5.41, 5.74) is 1.10. The Morgan fingerprint density at radius 3 is 2.43 bits per heavy atom. The van der Waals surface area contributed by atoms with Crippen molar-refractivity contribution in [2.75, 3.05) is 63.1 Å². The van der Waals surface area contributed by atoms with Crippen LogP contribution in [-0.4, -0.2) is 83.2 Å². The number of nitrogens with one attached hydrogen (secondary N) is 1. The molecule has 3 fully saturated rings. The van der Waals surface area contributed by atoms with E-state index in [9.17, 15) is 0 Å². The molecule has 0 radical (unpaired) electrons. The monoisotopic (exact) mass is 411 g/mol. The molecule has 0 amide bonds. The van der Waals surface area contributed by atoms with Crippen molar-refractivity contribution < 1.29 is 0 Å². The van der Waals surface area contributed by atoms with E-state index in [-0.39, 0.29) is 0 Å². The number of likely N-dealkylation sites (tertiary alicyclic amines) is 2. The second kappa shape index (κ2) is 9.10. The number of piperidine rings is 1. The van der Waals surface area contributed by atoms with Crippen LogP contribution in [0.3, 0.4) is 0 Å². The fraction of sp³-hybridized carbons (Fsp3) is 0.739. The van der Waals surface area contributed by atoms with Crippen LogP contribution < -0.4 is 10.2 Å². The zero-order valence-electron chi connectivity index (χ0n) is 18.5. The van der Waals surface area contributed by atoms with E-state index in [0.717, 1.165) is 50.1 Å². The first-order valence-electron chi connectivity index (χ1n) is 12.1. The van der Waals surface area contributed by atoms with Crippen molar-refractivity contribution in [3.05, 3.63) is 12.3 Å². The first kappa shape index (κ1) is 20.1. The van der Waals surface area contributed by atoms with E-state index >= 15 is 0 Å². The van der Waals surface area contributed by atoms with E-state index in [2.05, 4.69) is 43.9 Å². The number of fused-ring (bicyclic) bond motifs is 1. The molecule has 5 heterocycles. The average molecular weight is 412 g/mol. The lowest BCUT2D eigenvalue weighted by Gasteiger charge is -2.30. The molecular formula is C23H37N7. The summed E-state index contributed by atoms with van der Waals surface area (Å²) in [6, 6.07) is 2.72. The van der Waals surface area contributed by atoms with Crippen molar-refractivity contribution in [1.82, 2.24) is 24.3 Å². The topological polar surface area (TPSA) is 52.5 Å². The van der Waals surface area contributed by atoms with Crippen LogP contribution in [0.4, 0.5) is 11.8 Å². The van der Waals surface area contributed by atoms with Gasteiger partial charge in [-0.1, -0.05) is 0 Å². The summed E-state index contributed by atoms with van der Waals surface area (Å²) in [5, 5.41) is 4.98. The molecule has 164 valence electrons. The number of hydrogen-bond acceptors (Lipinski definition) is 6. The molecule has 0 unspecified atom stereocenters. The second-order valence-electron chi connectivity index (χ2n) is 9.44. The predicted octanol–water partition coefficient (Wildman–Crippen LogP) is 3.02. The average Bonchev–Trinajstić information content (AvgIpc) is 3.52. The van der Waals surface area contributed by atoms with Crippen LogP contribution in [0.25, 0.3) is 11.0 Å². The first-order chi connectivity index (χ1) is 14.8. The summed E-state index contributed by atoms with van der Waals surface area (Å²) >= 11 is 0. The highest BCUT2D eigenvalue weighted by Crippen LogP contribution is 2.28.